The maximum atomic E-state index is 7.56. The summed E-state index contributed by atoms with van der Waals surface area (Å²) < 4.78 is 33.9. The first-order chi connectivity index (χ1) is 16.5. The number of nitrogens with zero attached hydrogens (tertiary/aromatic N) is 5. The van der Waals surface area contributed by atoms with Crippen molar-refractivity contribution in [2.75, 3.05) is 43.2 Å². The average Bonchev–Trinajstić information content (AvgIpc) is 2.85. The van der Waals surface area contributed by atoms with Crippen LogP contribution in [0.5, 0.6) is 6.01 Å². The molecule has 0 unspecified atom stereocenters. The van der Waals surface area contributed by atoms with Gasteiger partial charge < -0.3 is 14.4 Å². The number of hydrogen-bond donors (Lipinski definition) is 1. The zero-order valence-electron chi connectivity index (χ0n) is 20.1. The SMILES string of the molecule is [2H]C([2H])([2H])c1cccc(/C=N/Nc2cc(N3CCOCC3)nc(OCCc3ccccn3)n2)c1. The predicted molar refractivity (Wildman–Crippen MR) is 121 cm³/mol. The Balaban J connectivity index is 1.47. The van der Waals surface area contributed by atoms with E-state index in [0.717, 1.165) is 18.8 Å². The van der Waals surface area contributed by atoms with Gasteiger partial charge in [-0.15, -0.1) is 0 Å². The van der Waals surface area contributed by atoms with Gasteiger partial charge in [-0.25, -0.2) is 0 Å². The topological polar surface area (TPSA) is 84.8 Å². The smallest absolute Gasteiger partial charge is 0.320 e. The fourth-order valence-corrected chi connectivity index (χ4v) is 3.07. The summed E-state index contributed by atoms with van der Waals surface area (Å²) in [5, 5.41) is 4.23. The van der Waals surface area contributed by atoms with Gasteiger partial charge in [-0.05, 0) is 24.5 Å². The van der Waals surface area contributed by atoms with Gasteiger partial charge >= 0.3 is 6.01 Å². The highest BCUT2D eigenvalue weighted by Crippen LogP contribution is 2.20. The van der Waals surface area contributed by atoms with Gasteiger partial charge in [0.15, 0.2) is 5.82 Å². The van der Waals surface area contributed by atoms with Crippen LogP contribution in [0.1, 0.15) is 20.9 Å². The fraction of sp³-hybridized carbons (Fsp3) is 0.304. The molecule has 0 radical (unpaired) electrons. The first-order valence-electron chi connectivity index (χ1n) is 11.6. The number of pyridine rings is 1. The molecule has 0 amide bonds. The molecule has 1 aliphatic rings. The second kappa shape index (κ2) is 10.5. The Hall–Kier alpha value is -3.52. The second-order valence-electron chi connectivity index (χ2n) is 6.91. The van der Waals surface area contributed by atoms with Gasteiger partial charge in [-0.2, -0.15) is 15.1 Å². The van der Waals surface area contributed by atoms with Crippen molar-refractivity contribution in [1.29, 1.82) is 0 Å². The monoisotopic (exact) mass is 421 g/mol. The summed E-state index contributed by atoms with van der Waals surface area (Å²) in [4.78, 5) is 15.4. The standard InChI is InChI=1S/C23H26N6O2/c1-18-5-4-6-19(15-18)17-25-28-21-16-22(29-10-13-30-14-11-29)27-23(26-21)31-12-8-20-7-2-3-9-24-20/h2-7,9,15-17H,8,10-14H2,1H3,(H,26,27,28)/b25-17+/i1D3. The number of aromatic nitrogens is 3. The Morgan fingerprint density at radius 2 is 2.13 bits per heavy atom. The number of anilines is 2. The lowest BCUT2D eigenvalue weighted by Gasteiger charge is -2.28. The Kier molecular flexibility index (Phi) is 5.82. The molecule has 3 aromatic rings. The summed E-state index contributed by atoms with van der Waals surface area (Å²) in [6.45, 7) is 0.901. The van der Waals surface area contributed by atoms with Gasteiger partial charge in [0, 0.05) is 41.6 Å². The van der Waals surface area contributed by atoms with Crippen molar-refractivity contribution < 1.29 is 13.6 Å². The van der Waals surface area contributed by atoms with E-state index in [1.807, 2.05) is 18.2 Å². The van der Waals surface area contributed by atoms with Gasteiger partial charge in [0.1, 0.15) is 5.82 Å². The largest absolute Gasteiger partial charge is 0.463 e. The number of hydrazone groups is 1. The zero-order valence-corrected chi connectivity index (χ0v) is 17.1. The number of ether oxygens (including phenoxy) is 2. The van der Waals surface area contributed by atoms with Crippen molar-refractivity contribution in [2.24, 2.45) is 5.10 Å². The minimum Gasteiger partial charge on any atom is -0.463 e. The van der Waals surface area contributed by atoms with Crippen LogP contribution in [0.15, 0.2) is 59.8 Å². The summed E-state index contributed by atoms with van der Waals surface area (Å²) in [5.74, 6) is 1.18. The summed E-state index contributed by atoms with van der Waals surface area (Å²) in [7, 11) is 0. The predicted octanol–water partition coefficient (Wildman–Crippen LogP) is 3.08. The molecule has 8 nitrogen and oxygen atoms in total. The van der Waals surface area contributed by atoms with Crippen molar-refractivity contribution in [1.82, 2.24) is 15.0 Å². The molecular weight excluding hydrogens is 392 g/mol. The highest BCUT2D eigenvalue weighted by Gasteiger charge is 2.15. The van der Waals surface area contributed by atoms with Crippen LogP contribution in [0.2, 0.25) is 0 Å². The molecular formula is C23H26N6O2. The summed E-state index contributed by atoms with van der Waals surface area (Å²) >= 11 is 0. The Labute approximate surface area is 186 Å². The first kappa shape index (κ1) is 17.2. The molecule has 1 saturated heterocycles. The molecule has 0 saturated carbocycles. The number of hydrogen-bond acceptors (Lipinski definition) is 8. The molecule has 1 N–H and O–H groups in total. The lowest BCUT2D eigenvalue weighted by molar-refractivity contribution is 0.122. The third-order valence-corrected chi connectivity index (χ3v) is 4.62. The van der Waals surface area contributed by atoms with Gasteiger partial charge in [0.2, 0.25) is 0 Å². The average molecular weight is 422 g/mol. The molecule has 3 heterocycles. The molecule has 0 spiro atoms. The lowest BCUT2D eigenvalue weighted by atomic mass is 10.2. The molecule has 160 valence electrons. The lowest BCUT2D eigenvalue weighted by Crippen LogP contribution is -2.36. The normalized spacial score (nSPS) is 15.9. The molecule has 2 aromatic heterocycles. The molecule has 4 rings (SSSR count). The molecule has 31 heavy (non-hydrogen) atoms. The third kappa shape index (κ3) is 6.23. The number of aryl methyl sites for hydroxylation is 1. The van der Waals surface area contributed by atoms with Crippen LogP contribution in [0, 0.1) is 6.85 Å². The van der Waals surface area contributed by atoms with E-state index in [9.17, 15) is 0 Å². The Morgan fingerprint density at radius 3 is 2.97 bits per heavy atom. The third-order valence-electron chi connectivity index (χ3n) is 4.62. The van der Waals surface area contributed by atoms with Crippen LogP contribution in [-0.2, 0) is 11.2 Å². The molecule has 1 aliphatic heterocycles. The molecule has 0 bridgehead atoms. The number of morpholine rings is 1. The van der Waals surface area contributed by atoms with Crippen LogP contribution in [0.25, 0.3) is 0 Å². The minimum absolute atomic E-state index is 0.238. The summed E-state index contributed by atoms with van der Waals surface area (Å²) in [5.41, 5.74) is 4.76. The highest BCUT2D eigenvalue weighted by molar-refractivity contribution is 5.80. The van der Waals surface area contributed by atoms with Crippen LogP contribution >= 0.6 is 0 Å². The van der Waals surface area contributed by atoms with E-state index in [0.29, 0.717) is 43.4 Å². The van der Waals surface area contributed by atoms with Crippen molar-refractivity contribution in [3.63, 3.8) is 0 Å². The van der Waals surface area contributed by atoms with Gasteiger partial charge in [0.25, 0.3) is 0 Å². The highest BCUT2D eigenvalue weighted by atomic mass is 16.5. The van der Waals surface area contributed by atoms with Crippen LogP contribution in [-0.4, -0.2) is 54.1 Å². The first-order valence-corrected chi connectivity index (χ1v) is 10.1. The van der Waals surface area contributed by atoms with E-state index in [1.54, 1.807) is 42.7 Å². The van der Waals surface area contributed by atoms with E-state index in [4.69, 9.17) is 13.6 Å². The minimum atomic E-state index is -2.17. The second-order valence-corrected chi connectivity index (χ2v) is 6.91. The van der Waals surface area contributed by atoms with Crippen LogP contribution < -0.4 is 15.1 Å². The van der Waals surface area contributed by atoms with Crippen LogP contribution in [0.3, 0.4) is 0 Å². The molecule has 1 fully saturated rings. The molecule has 1 aromatic carbocycles. The molecule has 8 heteroatoms. The van der Waals surface area contributed by atoms with Crippen molar-refractivity contribution >= 4 is 17.9 Å². The Bertz CT molecular complexity index is 1110. The number of benzene rings is 1. The summed E-state index contributed by atoms with van der Waals surface area (Å²) in [6, 6.07) is 14.4. The molecule has 0 aliphatic carbocycles. The quantitative estimate of drug-likeness (QED) is 0.442. The maximum Gasteiger partial charge on any atom is 0.320 e. The van der Waals surface area contributed by atoms with Gasteiger partial charge in [0.05, 0.1) is 26.0 Å². The fourth-order valence-electron chi connectivity index (χ4n) is 3.07. The molecule has 0 atom stereocenters. The number of nitrogens with one attached hydrogen (secondary N) is 1. The van der Waals surface area contributed by atoms with Crippen LogP contribution in [0.4, 0.5) is 11.6 Å². The van der Waals surface area contributed by atoms with Crippen molar-refractivity contribution in [3.8, 4) is 6.01 Å². The van der Waals surface area contributed by atoms with E-state index < -0.39 is 6.85 Å². The number of rotatable bonds is 8. The van der Waals surface area contributed by atoms with Gasteiger partial charge in [-0.1, -0.05) is 35.9 Å². The van der Waals surface area contributed by atoms with Gasteiger partial charge in [-0.3, -0.25) is 10.4 Å². The van der Waals surface area contributed by atoms with E-state index in [2.05, 4.69) is 30.4 Å². The van der Waals surface area contributed by atoms with E-state index >= 15 is 0 Å². The van der Waals surface area contributed by atoms with E-state index in [-0.39, 0.29) is 11.6 Å². The maximum absolute atomic E-state index is 7.56. The Morgan fingerprint density at radius 1 is 1.19 bits per heavy atom. The van der Waals surface area contributed by atoms with Crippen molar-refractivity contribution in [2.45, 2.75) is 13.3 Å². The summed E-state index contributed by atoms with van der Waals surface area (Å²) in [6.07, 6.45) is 3.93. The zero-order chi connectivity index (χ0) is 23.8. The van der Waals surface area contributed by atoms with E-state index in [1.165, 1.54) is 0 Å². The van der Waals surface area contributed by atoms with Crippen molar-refractivity contribution in [3.05, 3.63) is 71.5 Å².